The second kappa shape index (κ2) is 8.25. The number of carbonyl (C=O) groups excluding carboxylic acids is 1. The highest BCUT2D eigenvalue weighted by Gasteiger charge is 2.47. The SMILES string of the molecule is COC1(C)C(=O)N(C)c2cc3c(N[C@H](C)c4cccc(C(F)(F)CO)c4C)nnc(C)c3cc21. The number of aliphatic hydroxyl groups excluding tert-OH is 1. The number of hydrogen-bond donors (Lipinski definition) is 2. The van der Waals surface area contributed by atoms with Gasteiger partial charge in [-0.05, 0) is 51.0 Å². The normalized spacial score (nSPS) is 19.0. The average Bonchev–Trinajstić information content (AvgIpc) is 3.01. The molecule has 0 fully saturated rings. The summed E-state index contributed by atoms with van der Waals surface area (Å²) < 4.78 is 34.0. The molecule has 0 saturated carbocycles. The summed E-state index contributed by atoms with van der Waals surface area (Å²) in [5, 5.41) is 22.6. The maximum absolute atomic E-state index is 14.2. The summed E-state index contributed by atoms with van der Waals surface area (Å²) in [6, 6.07) is 8.05. The van der Waals surface area contributed by atoms with Gasteiger partial charge in [-0.25, -0.2) is 0 Å². The van der Waals surface area contributed by atoms with Crippen LogP contribution in [0.15, 0.2) is 30.3 Å². The van der Waals surface area contributed by atoms with Gasteiger partial charge in [0, 0.05) is 36.1 Å². The zero-order valence-corrected chi connectivity index (χ0v) is 20.0. The number of likely N-dealkylation sites (N-methyl/N-ethyl adjacent to an activating group) is 1. The van der Waals surface area contributed by atoms with Crippen molar-refractivity contribution in [2.45, 2.75) is 45.3 Å². The van der Waals surface area contributed by atoms with E-state index in [1.807, 2.05) is 26.0 Å². The topological polar surface area (TPSA) is 87.6 Å². The van der Waals surface area contributed by atoms with Crippen molar-refractivity contribution in [3.05, 3.63) is 58.3 Å². The highest BCUT2D eigenvalue weighted by molar-refractivity contribution is 6.10. The number of aliphatic hydroxyl groups is 1. The van der Waals surface area contributed by atoms with Gasteiger partial charge in [-0.3, -0.25) is 4.79 Å². The molecule has 2 aromatic carbocycles. The van der Waals surface area contributed by atoms with Crippen molar-refractivity contribution in [3.8, 4) is 0 Å². The molecule has 4 rings (SSSR count). The van der Waals surface area contributed by atoms with Crippen LogP contribution in [0, 0.1) is 13.8 Å². The molecule has 180 valence electrons. The fourth-order valence-corrected chi connectivity index (χ4v) is 4.71. The number of alkyl halides is 2. The van der Waals surface area contributed by atoms with Gasteiger partial charge in [0.25, 0.3) is 11.8 Å². The number of anilines is 2. The van der Waals surface area contributed by atoms with Crippen molar-refractivity contribution in [3.63, 3.8) is 0 Å². The lowest BCUT2D eigenvalue weighted by Crippen LogP contribution is -2.37. The van der Waals surface area contributed by atoms with Gasteiger partial charge < -0.3 is 20.1 Å². The Morgan fingerprint density at radius 1 is 1.24 bits per heavy atom. The number of nitrogens with zero attached hydrogens (tertiary/aromatic N) is 3. The van der Waals surface area contributed by atoms with Gasteiger partial charge in [-0.2, -0.15) is 13.9 Å². The Morgan fingerprint density at radius 3 is 2.59 bits per heavy atom. The molecule has 2 N–H and O–H groups in total. The fourth-order valence-electron chi connectivity index (χ4n) is 4.71. The second-order valence-corrected chi connectivity index (χ2v) is 8.90. The predicted octanol–water partition coefficient (Wildman–Crippen LogP) is 4.34. The van der Waals surface area contributed by atoms with Gasteiger partial charge in [0.1, 0.15) is 6.61 Å². The van der Waals surface area contributed by atoms with E-state index in [1.165, 1.54) is 13.2 Å². The molecule has 7 nitrogen and oxygen atoms in total. The number of aromatic nitrogens is 2. The smallest absolute Gasteiger partial charge is 0.296 e. The van der Waals surface area contributed by atoms with Crippen LogP contribution in [0.3, 0.4) is 0 Å². The number of amides is 1. The Morgan fingerprint density at radius 2 is 1.94 bits per heavy atom. The zero-order chi connectivity index (χ0) is 25.0. The second-order valence-electron chi connectivity index (χ2n) is 8.90. The first kappa shape index (κ1) is 24.0. The maximum atomic E-state index is 14.2. The number of halogens is 2. The van der Waals surface area contributed by atoms with E-state index in [-0.39, 0.29) is 17.5 Å². The fraction of sp³-hybridized carbons (Fsp3) is 0.400. The van der Waals surface area contributed by atoms with E-state index in [4.69, 9.17) is 9.84 Å². The molecule has 3 aromatic rings. The van der Waals surface area contributed by atoms with Crippen LogP contribution in [-0.2, 0) is 21.1 Å². The molecule has 1 aliphatic heterocycles. The molecular weight excluding hydrogens is 442 g/mol. The molecule has 1 aromatic heterocycles. The molecule has 0 spiro atoms. The minimum absolute atomic E-state index is 0.168. The van der Waals surface area contributed by atoms with E-state index in [0.29, 0.717) is 28.3 Å². The summed E-state index contributed by atoms with van der Waals surface area (Å²) in [6.45, 7) is 5.79. The van der Waals surface area contributed by atoms with Gasteiger partial charge in [0.05, 0.1) is 17.4 Å². The molecule has 0 aliphatic carbocycles. The standard InChI is InChI=1S/C25H28F2N4O3/c1-13-16(8-7-9-19(13)25(26,27)12-32)14(2)28-22-18-11-21-20(10-17(18)15(3)29-30-22)24(4,34-6)23(33)31(21)5/h7-11,14,32H,12H2,1-6H3,(H,28,30)/t14-,24?/m1/s1. The van der Waals surface area contributed by atoms with E-state index < -0.39 is 18.1 Å². The van der Waals surface area contributed by atoms with Crippen LogP contribution >= 0.6 is 0 Å². The molecule has 1 amide bonds. The minimum atomic E-state index is -3.33. The maximum Gasteiger partial charge on any atom is 0.296 e. The molecule has 34 heavy (non-hydrogen) atoms. The van der Waals surface area contributed by atoms with Gasteiger partial charge in [0.2, 0.25) is 0 Å². The van der Waals surface area contributed by atoms with Gasteiger partial charge in [0.15, 0.2) is 11.4 Å². The van der Waals surface area contributed by atoms with Crippen LogP contribution < -0.4 is 10.2 Å². The molecule has 0 radical (unpaired) electrons. The molecule has 1 aliphatic rings. The van der Waals surface area contributed by atoms with E-state index in [2.05, 4.69) is 15.5 Å². The Labute approximate surface area is 196 Å². The number of fused-ring (bicyclic) bond motifs is 2. The van der Waals surface area contributed by atoms with Gasteiger partial charge in [-0.1, -0.05) is 18.2 Å². The quantitative estimate of drug-likeness (QED) is 0.557. The molecule has 0 bridgehead atoms. The Kier molecular flexibility index (Phi) is 5.81. The number of methoxy groups -OCH3 is 1. The molecule has 2 atom stereocenters. The number of carbonyl (C=O) groups is 1. The van der Waals surface area contributed by atoms with Crippen LogP contribution in [0.4, 0.5) is 20.3 Å². The number of ether oxygens (including phenoxy) is 1. The Balaban J connectivity index is 1.80. The largest absolute Gasteiger partial charge is 0.390 e. The lowest BCUT2D eigenvalue weighted by atomic mass is 9.93. The number of nitrogens with one attached hydrogen (secondary N) is 1. The summed E-state index contributed by atoms with van der Waals surface area (Å²) in [5.41, 5.74) is 1.90. The Bertz CT molecular complexity index is 1300. The highest BCUT2D eigenvalue weighted by atomic mass is 19.3. The highest BCUT2D eigenvalue weighted by Crippen LogP contribution is 2.45. The van der Waals surface area contributed by atoms with Crippen molar-refractivity contribution < 1.29 is 23.4 Å². The Hall–Kier alpha value is -3.17. The third-order valence-electron chi connectivity index (χ3n) is 6.87. The van der Waals surface area contributed by atoms with Crippen molar-refractivity contribution in [1.29, 1.82) is 0 Å². The summed E-state index contributed by atoms with van der Waals surface area (Å²) in [7, 11) is 3.21. The number of rotatable bonds is 6. The molecule has 9 heteroatoms. The molecule has 2 heterocycles. The first-order chi connectivity index (χ1) is 16.0. The molecule has 1 unspecified atom stereocenters. The average molecular weight is 471 g/mol. The van der Waals surface area contributed by atoms with Crippen LogP contribution in [-0.4, -0.2) is 42.0 Å². The van der Waals surface area contributed by atoms with Crippen molar-refractivity contribution in [2.24, 2.45) is 0 Å². The van der Waals surface area contributed by atoms with E-state index in [9.17, 15) is 13.6 Å². The number of hydrogen-bond acceptors (Lipinski definition) is 6. The molecule has 0 saturated heterocycles. The van der Waals surface area contributed by atoms with Crippen LogP contribution in [0.2, 0.25) is 0 Å². The lowest BCUT2D eigenvalue weighted by Gasteiger charge is -2.23. The van der Waals surface area contributed by atoms with Crippen LogP contribution in [0.1, 0.15) is 47.8 Å². The number of benzene rings is 2. The third kappa shape index (κ3) is 3.50. The monoisotopic (exact) mass is 470 g/mol. The van der Waals surface area contributed by atoms with E-state index >= 15 is 0 Å². The number of aryl methyl sites for hydroxylation is 1. The summed E-state index contributed by atoms with van der Waals surface area (Å²) in [6.07, 6.45) is 0. The summed E-state index contributed by atoms with van der Waals surface area (Å²) >= 11 is 0. The summed E-state index contributed by atoms with van der Waals surface area (Å²) in [4.78, 5) is 14.4. The third-order valence-corrected chi connectivity index (χ3v) is 6.87. The predicted molar refractivity (Wildman–Crippen MR) is 126 cm³/mol. The van der Waals surface area contributed by atoms with Crippen molar-refractivity contribution >= 4 is 28.2 Å². The van der Waals surface area contributed by atoms with E-state index in [0.717, 1.165) is 16.3 Å². The zero-order valence-electron chi connectivity index (χ0n) is 20.0. The van der Waals surface area contributed by atoms with Crippen LogP contribution in [0.25, 0.3) is 10.8 Å². The first-order valence-electron chi connectivity index (χ1n) is 11.0. The van der Waals surface area contributed by atoms with Crippen LogP contribution in [0.5, 0.6) is 0 Å². The lowest BCUT2D eigenvalue weighted by molar-refractivity contribution is -0.137. The van der Waals surface area contributed by atoms with Gasteiger partial charge in [-0.15, -0.1) is 5.10 Å². The molecular formula is C25H28F2N4O3. The first-order valence-corrected chi connectivity index (χ1v) is 11.0. The van der Waals surface area contributed by atoms with Crippen molar-refractivity contribution in [1.82, 2.24) is 10.2 Å². The summed E-state index contributed by atoms with van der Waals surface area (Å²) in [5.74, 6) is -3.03. The minimum Gasteiger partial charge on any atom is -0.390 e. The van der Waals surface area contributed by atoms with Crippen molar-refractivity contribution in [2.75, 3.05) is 31.0 Å². The van der Waals surface area contributed by atoms with E-state index in [1.54, 1.807) is 37.9 Å². The van der Waals surface area contributed by atoms with Gasteiger partial charge >= 0.3 is 0 Å².